The summed E-state index contributed by atoms with van der Waals surface area (Å²) in [6.45, 7) is 4.88. The number of piperidine rings is 1. The van der Waals surface area contributed by atoms with Gasteiger partial charge in [0.15, 0.2) is 0 Å². The van der Waals surface area contributed by atoms with Gasteiger partial charge in [-0.1, -0.05) is 6.07 Å². The summed E-state index contributed by atoms with van der Waals surface area (Å²) >= 11 is 0. The fraction of sp³-hybridized carbons (Fsp3) is 0.375. The van der Waals surface area contributed by atoms with Gasteiger partial charge in [0.25, 0.3) is 0 Å². The Hall–Kier alpha value is -3.39. The molecule has 1 saturated heterocycles. The highest BCUT2D eigenvalue weighted by molar-refractivity contribution is 5.93. The van der Waals surface area contributed by atoms with Crippen molar-refractivity contribution in [3.05, 3.63) is 47.0 Å². The van der Waals surface area contributed by atoms with Crippen molar-refractivity contribution in [3.8, 4) is 17.0 Å². The van der Waals surface area contributed by atoms with Crippen LogP contribution in [0, 0.1) is 6.92 Å². The number of rotatable bonds is 0. The first kappa shape index (κ1) is 19.3. The third-order valence-corrected chi connectivity index (χ3v) is 6.70. The largest absolute Gasteiger partial charge is 0.473 e. The number of hydrogen-bond acceptors (Lipinski definition) is 5. The number of nitrogens with zero attached hydrogens (tertiary/aromatic N) is 6. The summed E-state index contributed by atoms with van der Waals surface area (Å²) in [5, 5.41) is 18.0. The van der Waals surface area contributed by atoms with Crippen LogP contribution in [0.4, 0.5) is 0 Å². The Labute approximate surface area is 186 Å². The molecule has 0 aliphatic carbocycles. The van der Waals surface area contributed by atoms with E-state index in [9.17, 15) is 0 Å². The van der Waals surface area contributed by atoms with Crippen LogP contribution in [0.3, 0.4) is 0 Å². The van der Waals surface area contributed by atoms with Crippen LogP contribution in [0.15, 0.2) is 24.4 Å². The minimum absolute atomic E-state index is 0.129. The van der Waals surface area contributed by atoms with Gasteiger partial charge < -0.3 is 4.74 Å². The molecule has 8 nitrogen and oxygen atoms in total. The van der Waals surface area contributed by atoms with Crippen LogP contribution < -0.4 is 4.74 Å². The number of aromatic nitrogens is 6. The maximum absolute atomic E-state index is 6.58. The topological polar surface area (TPSA) is 76.8 Å². The van der Waals surface area contributed by atoms with E-state index in [2.05, 4.69) is 57.5 Å². The Balaban J connectivity index is 1.54. The van der Waals surface area contributed by atoms with Crippen LogP contribution in [-0.2, 0) is 20.6 Å². The molecule has 4 bridgehead atoms. The lowest BCUT2D eigenvalue weighted by Crippen LogP contribution is -2.41. The molecule has 0 spiro atoms. The Morgan fingerprint density at radius 3 is 2.97 bits per heavy atom. The molecule has 1 unspecified atom stereocenters. The van der Waals surface area contributed by atoms with Crippen LogP contribution in [0.2, 0.25) is 0 Å². The maximum atomic E-state index is 6.58. The van der Waals surface area contributed by atoms with Gasteiger partial charge in [-0.15, -0.1) is 0 Å². The van der Waals surface area contributed by atoms with E-state index in [-0.39, 0.29) is 6.10 Å². The average molecular weight is 430 g/mol. The van der Waals surface area contributed by atoms with Crippen molar-refractivity contribution in [2.75, 3.05) is 13.1 Å². The van der Waals surface area contributed by atoms with E-state index in [4.69, 9.17) is 9.84 Å². The van der Waals surface area contributed by atoms with Gasteiger partial charge in [0.1, 0.15) is 6.10 Å². The molecule has 1 aromatic carbocycles. The SMILES string of the molecule is Cc1nn(C)c2c1/C=C/c1[nH]nc3ccc(cc13)-c1cnn(C)c1O[C@@H]1CCCN(C2)C1. The standard InChI is InChI=1S/C24H27N7O/c1-15-18-7-9-22-19-11-16(6-8-21(19)26-27-22)20-12-25-30(3)24(20)32-17-5-4-10-31(13-17)14-23(18)29(2)28-15/h6-9,11-12,17H,4-5,10,13-14H2,1-3H3,(H,26,27)/b9-7+/t17-/m1/s1. The summed E-state index contributed by atoms with van der Waals surface area (Å²) in [5.74, 6) is 0.823. The summed E-state index contributed by atoms with van der Waals surface area (Å²) in [6.07, 6.45) is 8.47. The zero-order valence-electron chi connectivity index (χ0n) is 18.7. The summed E-state index contributed by atoms with van der Waals surface area (Å²) in [4.78, 5) is 2.48. The number of benzene rings is 1. The smallest absolute Gasteiger partial charge is 0.219 e. The molecule has 2 atom stereocenters. The third kappa shape index (κ3) is 3.14. The number of aromatic amines is 1. The zero-order chi connectivity index (χ0) is 21.8. The van der Waals surface area contributed by atoms with Gasteiger partial charge in [-0.25, -0.2) is 4.68 Å². The van der Waals surface area contributed by atoms with Crippen LogP contribution in [0.25, 0.3) is 34.2 Å². The van der Waals surface area contributed by atoms with E-state index in [0.29, 0.717) is 0 Å². The lowest BCUT2D eigenvalue weighted by atomic mass is 10.0. The minimum atomic E-state index is 0.129. The first-order valence-electron chi connectivity index (χ1n) is 11.2. The van der Waals surface area contributed by atoms with Crippen molar-refractivity contribution in [1.29, 1.82) is 0 Å². The van der Waals surface area contributed by atoms with E-state index in [1.807, 2.05) is 29.7 Å². The number of aryl methyl sites for hydroxylation is 3. The molecule has 32 heavy (non-hydrogen) atoms. The highest BCUT2D eigenvalue weighted by atomic mass is 16.5. The van der Waals surface area contributed by atoms with E-state index in [0.717, 1.165) is 71.8 Å². The predicted molar refractivity (Wildman–Crippen MR) is 124 cm³/mol. The fourth-order valence-electron chi connectivity index (χ4n) is 5.00. The summed E-state index contributed by atoms with van der Waals surface area (Å²) in [5.41, 5.74) is 7.46. The van der Waals surface area contributed by atoms with Gasteiger partial charge in [-0.05, 0) is 56.2 Å². The van der Waals surface area contributed by atoms with E-state index in [1.165, 1.54) is 11.3 Å². The highest BCUT2D eigenvalue weighted by Crippen LogP contribution is 2.34. The molecule has 1 N–H and O–H groups in total. The second-order valence-corrected chi connectivity index (χ2v) is 8.88. The molecule has 164 valence electrons. The third-order valence-electron chi connectivity index (χ3n) is 6.70. The number of hydrogen-bond donors (Lipinski definition) is 1. The van der Waals surface area contributed by atoms with Crippen molar-refractivity contribution in [3.63, 3.8) is 0 Å². The van der Waals surface area contributed by atoms with Crippen molar-refractivity contribution in [2.24, 2.45) is 14.1 Å². The maximum Gasteiger partial charge on any atom is 0.219 e. The Morgan fingerprint density at radius 2 is 2.06 bits per heavy atom. The number of H-pyrrole nitrogens is 1. The highest BCUT2D eigenvalue weighted by Gasteiger charge is 2.26. The molecule has 0 amide bonds. The van der Waals surface area contributed by atoms with E-state index in [1.54, 1.807) is 0 Å². The Morgan fingerprint density at radius 1 is 1.16 bits per heavy atom. The molecular weight excluding hydrogens is 402 g/mol. The van der Waals surface area contributed by atoms with Gasteiger partial charge in [0.05, 0.1) is 34.4 Å². The quantitative estimate of drug-likeness (QED) is 0.463. The van der Waals surface area contributed by atoms with Gasteiger partial charge in [0.2, 0.25) is 5.88 Å². The molecule has 2 aliphatic heterocycles. The second-order valence-electron chi connectivity index (χ2n) is 8.88. The molecule has 6 rings (SSSR count). The Kier molecular flexibility index (Phi) is 4.43. The minimum Gasteiger partial charge on any atom is -0.473 e. The van der Waals surface area contributed by atoms with Crippen molar-refractivity contribution in [1.82, 2.24) is 34.7 Å². The molecule has 4 aromatic rings. The van der Waals surface area contributed by atoms with Crippen LogP contribution in [0.1, 0.15) is 35.5 Å². The van der Waals surface area contributed by atoms with Crippen LogP contribution in [-0.4, -0.2) is 53.9 Å². The Bertz CT molecular complexity index is 1340. The fourth-order valence-corrected chi connectivity index (χ4v) is 5.00. The molecule has 8 heteroatoms. The molecule has 0 radical (unpaired) electrons. The normalized spacial score (nSPS) is 21.5. The molecule has 1 fully saturated rings. The first-order chi connectivity index (χ1) is 15.6. The van der Waals surface area contributed by atoms with Gasteiger partial charge >= 0.3 is 0 Å². The van der Waals surface area contributed by atoms with Gasteiger partial charge in [-0.2, -0.15) is 15.3 Å². The molecule has 5 heterocycles. The van der Waals surface area contributed by atoms with Crippen molar-refractivity contribution in [2.45, 2.75) is 32.4 Å². The monoisotopic (exact) mass is 429 g/mol. The summed E-state index contributed by atoms with van der Waals surface area (Å²) < 4.78 is 10.4. The summed E-state index contributed by atoms with van der Waals surface area (Å²) in [6, 6.07) is 6.32. The molecule has 2 aliphatic rings. The van der Waals surface area contributed by atoms with Gasteiger partial charge in [-0.3, -0.25) is 14.7 Å². The predicted octanol–water partition coefficient (Wildman–Crippen LogP) is 3.53. The average Bonchev–Trinajstić information content (AvgIpc) is 3.43. The number of ether oxygens (including phenoxy) is 1. The second kappa shape index (κ2) is 7.34. The molecular formula is C24H27N7O. The number of nitrogens with one attached hydrogen (secondary N) is 1. The first-order valence-corrected chi connectivity index (χ1v) is 11.2. The lowest BCUT2D eigenvalue weighted by molar-refractivity contribution is 0.0767. The van der Waals surface area contributed by atoms with Crippen molar-refractivity contribution < 1.29 is 4.74 Å². The van der Waals surface area contributed by atoms with Crippen molar-refractivity contribution >= 4 is 23.1 Å². The lowest BCUT2D eigenvalue weighted by Gasteiger charge is -2.33. The number of fused-ring (bicyclic) bond motifs is 6. The van der Waals surface area contributed by atoms with E-state index >= 15 is 0 Å². The van der Waals surface area contributed by atoms with E-state index < -0.39 is 0 Å². The zero-order valence-corrected chi connectivity index (χ0v) is 18.7. The van der Waals surface area contributed by atoms with Gasteiger partial charge in [0, 0.05) is 38.1 Å². The molecule has 0 saturated carbocycles. The molecule has 3 aromatic heterocycles. The summed E-state index contributed by atoms with van der Waals surface area (Å²) in [7, 11) is 3.98. The van der Waals surface area contributed by atoms with Crippen LogP contribution in [0.5, 0.6) is 5.88 Å². The van der Waals surface area contributed by atoms with Crippen LogP contribution >= 0.6 is 0 Å².